The van der Waals surface area contributed by atoms with Crippen LogP contribution in [-0.4, -0.2) is 56.6 Å². The van der Waals surface area contributed by atoms with E-state index in [0.29, 0.717) is 37.8 Å². The van der Waals surface area contributed by atoms with Crippen LogP contribution in [0, 0.1) is 0 Å². The van der Waals surface area contributed by atoms with Gasteiger partial charge in [0.2, 0.25) is 0 Å². The molecule has 0 atom stereocenters. The number of carbonyl (C=O) groups excluding carboxylic acids is 1. The van der Waals surface area contributed by atoms with Crippen LogP contribution in [0.3, 0.4) is 0 Å². The number of rotatable bonds is 11. The van der Waals surface area contributed by atoms with Crippen molar-refractivity contribution in [3.8, 4) is 11.5 Å². The van der Waals surface area contributed by atoms with Crippen molar-refractivity contribution in [2.75, 3.05) is 40.1 Å². The van der Waals surface area contributed by atoms with Crippen molar-refractivity contribution in [2.45, 2.75) is 32.9 Å². The topological polar surface area (TPSA) is 89.1 Å². The van der Waals surface area contributed by atoms with Gasteiger partial charge in [-0.15, -0.1) is 0 Å². The first-order valence-electron chi connectivity index (χ1n) is 8.46. The normalized spacial score (nSPS) is 11.3. The average Bonchev–Trinajstić information content (AvgIpc) is 2.55. The first-order valence-corrected chi connectivity index (χ1v) is 9.25. The number of hydrogen-bond acceptors (Lipinski definition) is 6. The van der Waals surface area contributed by atoms with Gasteiger partial charge in [-0.3, -0.25) is 4.79 Å². The Hall–Kier alpha value is -1.35. The van der Waals surface area contributed by atoms with Gasteiger partial charge in [0.05, 0.1) is 26.9 Å². The van der Waals surface area contributed by atoms with Crippen LogP contribution in [0.2, 0.25) is 0 Å². The van der Waals surface area contributed by atoms with E-state index < -0.39 is 0 Å². The number of carbonyl (C=O) groups is 1. The summed E-state index contributed by atoms with van der Waals surface area (Å²) in [6.45, 7) is 7.84. The maximum absolute atomic E-state index is 11.9. The van der Waals surface area contributed by atoms with Crippen molar-refractivity contribution in [2.24, 2.45) is 0 Å². The number of nitrogens with one attached hydrogen (secondary N) is 2. The highest BCUT2D eigenvalue weighted by Gasteiger charge is 2.16. The van der Waals surface area contributed by atoms with E-state index in [0.717, 1.165) is 10.0 Å². The van der Waals surface area contributed by atoms with Crippen LogP contribution in [0.5, 0.6) is 11.5 Å². The van der Waals surface area contributed by atoms with Crippen LogP contribution < -0.4 is 20.1 Å². The van der Waals surface area contributed by atoms with Crippen molar-refractivity contribution in [1.29, 1.82) is 0 Å². The molecule has 1 aromatic rings. The number of aliphatic hydroxyl groups excluding tert-OH is 1. The van der Waals surface area contributed by atoms with Crippen LogP contribution in [0.25, 0.3) is 0 Å². The summed E-state index contributed by atoms with van der Waals surface area (Å²) in [5.41, 5.74) is 0.692. The standard InChI is InChI=1S/C18H29BrN2O5/c1-18(2,3)21-17(23)12-26-16-10-14(19)13(9-15(16)24-4)11-20-5-7-25-8-6-22/h9-10,20,22H,5-8,11-12H2,1-4H3,(H,21,23). The Morgan fingerprint density at radius 2 is 1.96 bits per heavy atom. The van der Waals surface area contributed by atoms with Gasteiger partial charge in [0.1, 0.15) is 0 Å². The lowest BCUT2D eigenvalue weighted by atomic mass is 10.1. The predicted molar refractivity (Wildman–Crippen MR) is 104 cm³/mol. The van der Waals surface area contributed by atoms with Crippen molar-refractivity contribution < 1.29 is 24.1 Å². The van der Waals surface area contributed by atoms with E-state index in [4.69, 9.17) is 19.3 Å². The third kappa shape index (κ3) is 8.84. The molecule has 1 amide bonds. The molecule has 26 heavy (non-hydrogen) atoms. The molecule has 1 aromatic carbocycles. The van der Waals surface area contributed by atoms with Crippen LogP contribution >= 0.6 is 15.9 Å². The fraction of sp³-hybridized carbons (Fsp3) is 0.611. The highest BCUT2D eigenvalue weighted by molar-refractivity contribution is 9.10. The molecule has 0 saturated carbocycles. The summed E-state index contributed by atoms with van der Waals surface area (Å²) >= 11 is 3.52. The number of ether oxygens (including phenoxy) is 3. The van der Waals surface area contributed by atoms with E-state index in [-0.39, 0.29) is 24.7 Å². The number of benzene rings is 1. The molecule has 3 N–H and O–H groups in total. The third-order valence-corrected chi connectivity index (χ3v) is 3.92. The van der Waals surface area contributed by atoms with Crippen LogP contribution in [0.4, 0.5) is 0 Å². The van der Waals surface area contributed by atoms with Gasteiger partial charge < -0.3 is 30.0 Å². The van der Waals surface area contributed by atoms with E-state index in [1.54, 1.807) is 13.2 Å². The quantitative estimate of drug-likeness (QED) is 0.462. The Bertz CT molecular complexity index is 575. The highest BCUT2D eigenvalue weighted by Crippen LogP contribution is 2.33. The minimum absolute atomic E-state index is 0.0258. The highest BCUT2D eigenvalue weighted by atomic mass is 79.9. The molecule has 0 aliphatic heterocycles. The molecule has 0 bridgehead atoms. The molecular weight excluding hydrogens is 404 g/mol. The van der Waals surface area contributed by atoms with Crippen molar-refractivity contribution >= 4 is 21.8 Å². The van der Waals surface area contributed by atoms with Crippen LogP contribution in [0.1, 0.15) is 26.3 Å². The first kappa shape index (κ1) is 22.7. The van der Waals surface area contributed by atoms with E-state index in [9.17, 15) is 4.79 Å². The summed E-state index contributed by atoms with van der Waals surface area (Å²) in [6, 6.07) is 3.66. The molecular formula is C18H29BrN2O5. The Morgan fingerprint density at radius 3 is 2.58 bits per heavy atom. The second-order valence-corrected chi connectivity index (χ2v) is 7.55. The van der Waals surface area contributed by atoms with Gasteiger partial charge in [0, 0.05) is 23.1 Å². The van der Waals surface area contributed by atoms with E-state index >= 15 is 0 Å². The lowest BCUT2D eigenvalue weighted by Crippen LogP contribution is -2.43. The average molecular weight is 433 g/mol. The monoisotopic (exact) mass is 432 g/mol. The zero-order chi connectivity index (χ0) is 19.6. The van der Waals surface area contributed by atoms with Gasteiger partial charge in [-0.2, -0.15) is 0 Å². The summed E-state index contributed by atoms with van der Waals surface area (Å²) in [5, 5.41) is 14.8. The van der Waals surface area contributed by atoms with Gasteiger partial charge >= 0.3 is 0 Å². The van der Waals surface area contributed by atoms with Crippen molar-refractivity contribution in [1.82, 2.24) is 10.6 Å². The van der Waals surface area contributed by atoms with E-state index in [2.05, 4.69) is 26.6 Å². The Labute approximate surface area is 163 Å². The zero-order valence-electron chi connectivity index (χ0n) is 15.9. The second-order valence-electron chi connectivity index (χ2n) is 6.69. The summed E-state index contributed by atoms with van der Waals surface area (Å²) in [7, 11) is 1.56. The maximum Gasteiger partial charge on any atom is 0.258 e. The number of hydrogen-bond donors (Lipinski definition) is 3. The summed E-state index contributed by atoms with van der Waals surface area (Å²) in [5.74, 6) is 0.868. The van der Waals surface area contributed by atoms with Gasteiger partial charge in [-0.1, -0.05) is 15.9 Å². The van der Waals surface area contributed by atoms with E-state index in [1.165, 1.54) is 0 Å². The summed E-state index contributed by atoms with van der Waals surface area (Å²) in [6.07, 6.45) is 0. The molecule has 0 aliphatic carbocycles. The second kappa shape index (κ2) is 11.4. The Morgan fingerprint density at radius 1 is 1.23 bits per heavy atom. The number of amides is 1. The molecule has 8 heteroatoms. The molecule has 0 radical (unpaired) electrons. The van der Waals surface area contributed by atoms with Crippen LogP contribution in [0.15, 0.2) is 16.6 Å². The predicted octanol–water partition coefficient (Wildman–Crippen LogP) is 1.85. The van der Waals surface area contributed by atoms with Crippen molar-refractivity contribution in [3.63, 3.8) is 0 Å². The number of methoxy groups -OCH3 is 1. The minimum Gasteiger partial charge on any atom is -0.493 e. The Balaban J connectivity index is 2.61. The van der Waals surface area contributed by atoms with Crippen molar-refractivity contribution in [3.05, 3.63) is 22.2 Å². The van der Waals surface area contributed by atoms with Gasteiger partial charge in [0.25, 0.3) is 5.91 Å². The Kier molecular flexibility index (Phi) is 9.93. The molecule has 0 aliphatic rings. The van der Waals surface area contributed by atoms with Gasteiger partial charge in [-0.25, -0.2) is 0 Å². The maximum atomic E-state index is 11.9. The molecule has 0 spiro atoms. The molecule has 0 saturated heterocycles. The minimum atomic E-state index is -0.304. The molecule has 148 valence electrons. The third-order valence-electron chi connectivity index (χ3n) is 3.18. The molecule has 0 unspecified atom stereocenters. The molecule has 7 nitrogen and oxygen atoms in total. The summed E-state index contributed by atoms with van der Waals surface area (Å²) < 4.78 is 17.0. The lowest BCUT2D eigenvalue weighted by molar-refractivity contribution is -0.124. The zero-order valence-corrected chi connectivity index (χ0v) is 17.4. The number of aliphatic hydroxyl groups is 1. The molecule has 1 rings (SSSR count). The largest absolute Gasteiger partial charge is 0.493 e. The molecule has 0 aromatic heterocycles. The van der Waals surface area contributed by atoms with Crippen LogP contribution in [-0.2, 0) is 16.1 Å². The first-order chi connectivity index (χ1) is 12.3. The smallest absolute Gasteiger partial charge is 0.258 e. The van der Waals surface area contributed by atoms with E-state index in [1.807, 2.05) is 26.8 Å². The van der Waals surface area contributed by atoms with Gasteiger partial charge in [-0.05, 0) is 38.5 Å². The fourth-order valence-corrected chi connectivity index (χ4v) is 2.58. The molecule has 0 heterocycles. The van der Waals surface area contributed by atoms with Gasteiger partial charge in [0.15, 0.2) is 18.1 Å². The fourth-order valence-electron chi connectivity index (χ4n) is 2.12. The number of halogens is 1. The molecule has 0 fully saturated rings. The summed E-state index contributed by atoms with van der Waals surface area (Å²) in [4.78, 5) is 11.9. The SMILES string of the molecule is COc1cc(CNCCOCCO)c(Br)cc1OCC(=O)NC(C)(C)C. The lowest BCUT2D eigenvalue weighted by Gasteiger charge is -2.21.